The molecule has 2 aromatic heterocycles. The standard InChI is InChI=1S/C10H9ClFN3O/c1-15-6-8(5-14-15)16-10-9(12)7(4-11)2-3-13-10/h2-3,5-6H,4H2,1H3. The summed E-state index contributed by atoms with van der Waals surface area (Å²) in [7, 11) is 1.74. The Balaban J connectivity index is 2.28. The van der Waals surface area contributed by atoms with Crippen LogP contribution in [0.5, 0.6) is 11.6 Å². The average Bonchev–Trinajstić information content (AvgIpc) is 2.67. The summed E-state index contributed by atoms with van der Waals surface area (Å²) in [6, 6.07) is 1.51. The summed E-state index contributed by atoms with van der Waals surface area (Å²) < 4.78 is 20.5. The van der Waals surface area contributed by atoms with Gasteiger partial charge in [-0.1, -0.05) is 0 Å². The zero-order valence-corrected chi connectivity index (χ0v) is 9.28. The number of ether oxygens (including phenoxy) is 1. The fourth-order valence-corrected chi connectivity index (χ4v) is 1.41. The van der Waals surface area contributed by atoms with Crippen molar-refractivity contribution in [3.63, 3.8) is 0 Å². The lowest BCUT2D eigenvalue weighted by molar-refractivity contribution is 0.420. The number of nitrogens with zero attached hydrogens (tertiary/aromatic N) is 3. The fraction of sp³-hybridized carbons (Fsp3) is 0.200. The quantitative estimate of drug-likeness (QED) is 0.775. The maximum absolute atomic E-state index is 13.7. The van der Waals surface area contributed by atoms with Crippen LogP contribution in [0.15, 0.2) is 24.7 Å². The highest BCUT2D eigenvalue weighted by Crippen LogP contribution is 2.24. The number of aromatic nitrogens is 3. The fourth-order valence-electron chi connectivity index (χ4n) is 1.20. The van der Waals surface area contributed by atoms with Crippen molar-refractivity contribution in [3.05, 3.63) is 36.0 Å². The molecule has 0 aliphatic heterocycles. The molecule has 0 saturated heterocycles. The van der Waals surface area contributed by atoms with E-state index in [-0.39, 0.29) is 11.8 Å². The number of hydrogen-bond donors (Lipinski definition) is 0. The number of hydrogen-bond acceptors (Lipinski definition) is 3. The Morgan fingerprint density at radius 1 is 1.56 bits per heavy atom. The van der Waals surface area contributed by atoms with E-state index < -0.39 is 5.82 Å². The van der Waals surface area contributed by atoms with Crippen molar-refractivity contribution in [1.82, 2.24) is 14.8 Å². The molecule has 2 heterocycles. The summed E-state index contributed by atoms with van der Waals surface area (Å²) in [6.07, 6.45) is 4.55. The van der Waals surface area contributed by atoms with Crippen LogP contribution in [0.2, 0.25) is 0 Å². The lowest BCUT2D eigenvalue weighted by atomic mass is 10.3. The van der Waals surface area contributed by atoms with Gasteiger partial charge in [0, 0.05) is 18.8 Å². The number of rotatable bonds is 3. The lowest BCUT2D eigenvalue weighted by Gasteiger charge is -2.04. The number of aryl methyl sites for hydroxylation is 1. The normalized spacial score (nSPS) is 10.4. The SMILES string of the molecule is Cn1cc(Oc2nccc(CCl)c2F)cn1. The first-order valence-electron chi connectivity index (χ1n) is 4.56. The molecule has 0 saturated carbocycles. The van der Waals surface area contributed by atoms with Crippen LogP contribution in [0.1, 0.15) is 5.56 Å². The molecule has 0 unspecified atom stereocenters. The highest BCUT2D eigenvalue weighted by atomic mass is 35.5. The van der Waals surface area contributed by atoms with Gasteiger partial charge in [0.05, 0.1) is 18.3 Å². The van der Waals surface area contributed by atoms with E-state index in [2.05, 4.69) is 10.1 Å². The highest BCUT2D eigenvalue weighted by Gasteiger charge is 2.11. The third-order valence-electron chi connectivity index (χ3n) is 1.98. The van der Waals surface area contributed by atoms with Crippen LogP contribution >= 0.6 is 11.6 Å². The summed E-state index contributed by atoms with van der Waals surface area (Å²) in [6.45, 7) is 0. The Hall–Kier alpha value is -1.62. The molecule has 0 N–H and O–H groups in total. The Kier molecular flexibility index (Phi) is 3.05. The predicted octanol–water partition coefficient (Wildman–Crippen LogP) is 2.49. The summed E-state index contributed by atoms with van der Waals surface area (Å²) in [5.74, 6) is -0.120. The highest BCUT2D eigenvalue weighted by molar-refractivity contribution is 6.17. The van der Waals surface area contributed by atoms with E-state index in [4.69, 9.17) is 16.3 Å². The zero-order chi connectivity index (χ0) is 11.5. The molecular formula is C10H9ClFN3O. The van der Waals surface area contributed by atoms with Crippen LogP contribution < -0.4 is 4.74 Å². The molecule has 16 heavy (non-hydrogen) atoms. The number of halogens is 2. The predicted molar refractivity (Wildman–Crippen MR) is 57.0 cm³/mol. The first-order valence-corrected chi connectivity index (χ1v) is 5.10. The van der Waals surface area contributed by atoms with Crippen LogP contribution in [-0.4, -0.2) is 14.8 Å². The summed E-state index contributed by atoms with van der Waals surface area (Å²) >= 11 is 5.57. The van der Waals surface area contributed by atoms with Gasteiger partial charge in [0.2, 0.25) is 0 Å². The van der Waals surface area contributed by atoms with Crippen molar-refractivity contribution in [1.29, 1.82) is 0 Å². The molecule has 0 aromatic carbocycles. The minimum atomic E-state index is -0.540. The third kappa shape index (κ3) is 2.14. The van der Waals surface area contributed by atoms with Crippen molar-refractivity contribution in [2.24, 2.45) is 7.05 Å². The second-order valence-electron chi connectivity index (χ2n) is 3.17. The van der Waals surface area contributed by atoms with Gasteiger partial charge in [-0.2, -0.15) is 5.10 Å². The van der Waals surface area contributed by atoms with Gasteiger partial charge in [-0.25, -0.2) is 9.37 Å². The van der Waals surface area contributed by atoms with Crippen LogP contribution in [0.4, 0.5) is 4.39 Å². The van der Waals surface area contributed by atoms with Gasteiger partial charge >= 0.3 is 0 Å². The average molecular weight is 242 g/mol. The Bertz CT molecular complexity index is 501. The van der Waals surface area contributed by atoms with Crippen LogP contribution in [0, 0.1) is 5.82 Å². The van der Waals surface area contributed by atoms with E-state index in [0.29, 0.717) is 11.3 Å². The topological polar surface area (TPSA) is 39.9 Å². The number of pyridine rings is 1. The monoisotopic (exact) mass is 241 g/mol. The zero-order valence-electron chi connectivity index (χ0n) is 8.52. The van der Waals surface area contributed by atoms with E-state index >= 15 is 0 Å². The summed E-state index contributed by atoms with van der Waals surface area (Å²) in [5, 5.41) is 3.90. The molecule has 0 bridgehead atoms. The van der Waals surface area contributed by atoms with Crippen molar-refractivity contribution in [2.75, 3.05) is 0 Å². The molecule has 4 nitrogen and oxygen atoms in total. The largest absolute Gasteiger partial charge is 0.433 e. The van der Waals surface area contributed by atoms with Crippen LogP contribution in [0.3, 0.4) is 0 Å². The van der Waals surface area contributed by atoms with Gasteiger partial charge in [-0.15, -0.1) is 11.6 Å². The minimum absolute atomic E-state index is 0.0811. The van der Waals surface area contributed by atoms with E-state index in [1.165, 1.54) is 18.5 Å². The first-order chi connectivity index (χ1) is 7.70. The van der Waals surface area contributed by atoms with Gasteiger partial charge in [-0.05, 0) is 6.07 Å². The van der Waals surface area contributed by atoms with Gasteiger partial charge in [0.15, 0.2) is 11.6 Å². The molecule has 2 aromatic rings. The van der Waals surface area contributed by atoms with Crippen molar-refractivity contribution >= 4 is 11.6 Å². The second-order valence-corrected chi connectivity index (χ2v) is 3.44. The van der Waals surface area contributed by atoms with Crippen LogP contribution in [0.25, 0.3) is 0 Å². The molecule has 0 amide bonds. The smallest absolute Gasteiger partial charge is 0.256 e. The molecule has 0 radical (unpaired) electrons. The second kappa shape index (κ2) is 4.49. The molecule has 6 heteroatoms. The maximum Gasteiger partial charge on any atom is 0.256 e. The Morgan fingerprint density at radius 3 is 3.00 bits per heavy atom. The Morgan fingerprint density at radius 2 is 2.38 bits per heavy atom. The Labute approximate surface area is 96.6 Å². The molecule has 84 valence electrons. The van der Waals surface area contributed by atoms with E-state index in [1.807, 2.05) is 0 Å². The number of alkyl halides is 1. The van der Waals surface area contributed by atoms with Gasteiger partial charge in [-0.3, -0.25) is 4.68 Å². The van der Waals surface area contributed by atoms with E-state index in [0.717, 1.165) is 0 Å². The molecule has 0 aliphatic rings. The summed E-state index contributed by atoms with van der Waals surface area (Å²) in [4.78, 5) is 3.80. The van der Waals surface area contributed by atoms with Gasteiger partial charge in [0.25, 0.3) is 5.88 Å². The first kappa shape index (κ1) is 10.9. The molecule has 0 fully saturated rings. The van der Waals surface area contributed by atoms with Crippen LogP contribution in [-0.2, 0) is 12.9 Å². The molecule has 0 spiro atoms. The molecule has 0 atom stereocenters. The van der Waals surface area contributed by atoms with Gasteiger partial charge in [0.1, 0.15) is 0 Å². The summed E-state index contributed by atoms with van der Waals surface area (Å²) in [5.41, 5.74) is 0.357. The maximum atomic E-state index is 13.7. The lowest BCUT2D eigenvalue weighted by Crippen LogP contribution is -1.95. The van der Waals surface area contributed by atoms with Crippen molar-refractivity contribution in [2.45, 2.75) is 5.88 Å². The van der Waals surface area contributed by atoms with E-state index in [1.54, 1.807) is 17.9 Å². The van der Waals surface area contributed by atoms with Crippen molar-refractivity contribution < 1.29 is 9.13 Å². The van der Waals surface area contributed by atoms with E-state index in [9.17, 15) is 4.39 Å². The molecule has 0 aliphatic carbocycles. The third-order valence-corrected chi connectivity index (χ3v) is 2.26. The van der Waals surface area contributed by atoms with Gasteiger partial charge < -0.3 is 4.74 Å². The minimum Gasteiger partial charge on any atom is -0.433 e. The molecule has 2 rings (SSSR count). The van der Waals surface area contributed by atoms with Crippen molar-refractivity contribution in [3.8, 4) is 11.6 Å². The molecular weight excluding hydrogens is 233 g/mol.